The number of para-hydroxylation sites is 1. The standard InChI is InChI=1S/C25H31N3O4/c29-24(28-16-14-27(15-17-28)21-5-2-1-3-6-21)12-13-26-25(30)20-8-10-22(11-9-20)32-19-23-7-4-18-31-23/h1-3,5-6,8-11,23H,4,7,12-19H2,(H,26,30). The number of carbonyl (C=O) groups is 2. The van der Waals surface area contributed by atoms with Gasteiger partial charge >= 0.3 is 0 Å². The first-order valence-electron chi connectivity index (χ1n) is 11.4. The first-order chi connectivity index (χ1) is 15.7. The highest BCUT2D eigenvalue weighted by Gasteiger charge is 2.21. The highest BCUT2D eigenvalue weighted by atomic mass is 16.5. The zero-order chi connectivity index (χ0) is 22.2. The quantitative estimate of drug-likeness (QED) is 0.688. The Labute approximate surface area is 189 Å². The highest BCUT2D eigenvalue weighted by Crippen LogP contribution is 2.17. The lowest BCUT2D eigenvalue weighted by Gasteiger charge is -2.36. The van der Waals surface area contributed by atoms with Gasteiger partial charge in [-0.05, 0) is 49.2 Å². The molecule has 0 radical (unpaired) electrons. The molecule has 0 aliphatic carbocycles. The first kappa shape index (κ1) is 22.1. The van der Waals surface area contributed by atoms with E-state index in [0.717, 1.165) is 38.3 Å². The van der Waals surface area contributed by atoms with Crippen LogP contribution in [-0.2, 0) is 9.53 Å². The van der Waals surface area contributed by atoms with E-state index in [1.165, 1.54) is 5.69 Å². The highest BCUT2D eigenvalue weighted by molar-refractivity contribution is 5.94. The molecule has 0 saturated carbocycles. The summed E-state index contributed by atoms with van der Waals surface area (Å²) in [5.74, 6) is 0.620. The number of carbonyl (C=O) groups excluding carboxylic acids is 2. The molecule has 4 rings (SSSR count). The molecule has 0 spiro atoms. The van der Waals surface area contributed by atoms with Crippen LogP contribution in [0.3, 0.4) is 0 Å². The Morgan fingerprint density at radius 2 is 1.75 bits per heavy atom. The molecule has 1 unspecified atom stereocenters. The Kier molecular flexibility index (Phi) is 7.61. The zero-order valence-electron chi connectivity index (χ0n) is 18.4. The molecule has 7 heteroatoms. The Hall–Kier alpha value is -3.06. The molecule has 2 amide bonds. The fraction of sp³-hybridized carbons (Fsp3) is 0.440. The van der Waals surface area contributed by atoms with Gasteiger partial charge < -0.3 is 24.6 Å². The van der Waals surface area contributed by atoms with Gasteiger partial charge in [-0.15, -0.1) is 0 Å². The smallest absolute Gasteiger partial charge is 0.251 e. The number of benzene rings is 2. The van der Waals surface area contributed by atoms with Gasteiger partial charge in [0, 0.05) is 57.0 Å². The number of nitrogens with one attached hydrogen (secondary N) is 1. The van der Waals surface area contributed by atoms with Crippen molar-refractivity contribution in [1.29, 1.82) is 0 Å². The van der Waals surface area contributed by atoms with Gasteiger partial charge in [0.05, 0.1) is 6.10 Å². The van der Waals surface area contributed by atoms with E-state index in [-0.39, 0.29) is 17.9 Å². The van der Waals surface area contributed by atoms with Crippen molar-refractivity contribution in [2.45, 2.75) is 25.4 Å². The fourth-order valence-corrected chi connectivity index (χ4v) is 4.06. The Morgan fingerprint density at radius 1 is 1.00 bits per heavy atom. The summed E-state index contributed by atoms with van der Waals surface area (Å²) < 4.78 is 11.3. The van der Waals surface area contributed by atoms with E-state index >= 15 is 0 Å². The Balaban J connectivity index is 1.15. The van der Waals surface area contributed by atoms with Crippen LogP contribution in [0.2, 0.25) is 0 Å². The van der Waals surface area contributed by atoms with Crippen molar-refractivity contribution in [2.24, 2.45) is 0 Å². The molecule has 2 aromatic rings. The minimum atomic E-state index is -0.183. The summed E-state index contributed by atoms with van der Waals surface area (Å²) in [6, 6.07) is 17.3. The van der Waals surface area contributed by atoms with E-state index in [4.69, 9.17) is 9.47 Å². The largest absolute Gasteiger partial charge is 0.491 e. The summed E-state index contributed by atoms with van der Waals surface area (Å²) in [4.78, 5) is 29.1. The number of hydrogen-bond donors (Lipinski definition) is 1. The SMILES string of the molecule is O=C(NCCC(=O)N1CCN(c2ccccc2)CC1)c1ccc(OCC2CCCO2)cc1. The Morgan fingerprint density at radius 3 is 2.44 bits per heavy atom. The van der Waals surface area contributed by atoms with E-state index in [0.29, 0.717) is 38.2 Å². The van der Waals surface area contributed by atoms with E-state index in [9.17, 15) is 9.59 Å². The van der Waals surface area contributed by atoms with Crippen LogP contribution in [0.25, 0.3) is 0 Å². The van der Waals surface area contributed by atoms with Gasteiger partial charge in [0.25, 0.3) is 5.91 Å². The maximum atomic E-state index is 12.5. The molecule has 2 aliphatic rings. The molecule has 2 aliphatic heterocycles. The molecule has 2 saturated heterocycles. The topological polar surface area (TPSA) is 71.1 Å². The lowest BCUT2D eigenvalue weighted by Crippen LogP contribution is -2.49. The summed E-state index contributed by atoms with van der Waals surface area (Å²) in [5, 5.41) is 2.84. The van der Waals surface area contributed by atoms with Gasteiger partial charge in [0.15, 0.2) is 0 Å². The second kappa shape index (κ2) is 11.0. The molecule has 7 nitrogen and oxygen atoms in total. The van der Waals surface area contributed by atoms with Crippen LogP contribution in [-0.4, -0.2) is 68.8 Å². The van der Waals surface area contributed by atoms with Crippen molar-refractivity contribution < 1.29 is 19.1 Å². The Bertz CT molecular complexity index is 874. The van der Waals surface area contributed by atoms with Gasteiger partial charge in [-0.25, -0.2) is 0 Å². The molecule has 2 aromatic carbocycles. The van der Waals surface area contributed by atoms with Crippen molar-refractivity contribution in [3.63, 3.8) is 0 Å². The first-order valence-corrected chi connectivity index (χ1v) is 11.4. The maximum absolute atomic E-state index is 12.5. The normalized spacial score (nSPS) is 18.4. The van der Waals surface area contributed by atoms with Crippen molar-refractivity contribution >= 4 is 17.5 Å². The van der Waals surface area contributed by atoms with Gasteiger partial charge in [0.2, 0.25) is 5.91 Å². The van der Waals surface area contributed by atoms with Crippen molar-refractivity contribution in [2.75, 3.05) is 50.8 Å². The zero-order valence-corrected chi connectivity index (χ0v) is 18.4. The molecular weight excluding hydrogens is 406 g/mol. The summed E-state index contributed by atoms with van der Waals surface area (Å²) >= 11 is 0. The van der Waals surface area contributed by atoms with Crippen molar-refractivity contribution in [3.05, 3.63) is 60.2 Å². The van der Waals surface area contributed by atoms with Crippen LogP contribution in [0.4, 0.5) is 5.69 Å². The fourth-order valence-electron chi connectivity index (χ4n) is 4.06. The van der Waals surface area contributed by atoms with Gasteiger partial charge in [-0.3, -0.25) is 9.59 Å². The summed E-state index contributed by atoms with van der Waals surface area (Å²) in [6.07, 6.45) is 2.58. The lowest BCUT2D eigenvalue weighted by molar-refractivity contribution is -0.131. The van der Waals surface area contributed by atoms with Crippen LogP contribution in [0.1, 0.15) is 29.6 Å². The number of anilines is 1. The molecule has 0 aromatic heterocycles. The molecule has 1 N–H and O–H groups in total. The van der Waals surface area contributed by atoms with E-state index < -0.39 is 0 Å². The number of piperazine rings is 1. The van der Waals surface area contributed by atoms with Crippen LogP contribution in [0.15, 0.2) is 54.6 Å². The number of hydrogen-bond acceptors (Lipinski definition) is 5. The third kappa shape index (κ3) is 6.01. The van der Waals surface area contributed by atoms with E-state index in [1.54, 1.807) is 24.3 Å². The van der Waals surface area contributed by atoms with Gasteiger partial charge in [-0.2, -0.15) is 0 Å². The number of nitrogens with zero attached hydrogens (tertiary/aromatic N) is 2. The van der Waals surface area contributed by atoms with Crippen molar-refractivity contribution in [3.8, 4) is 5.75 Å². The molecule has 1 atom stereocenters. The minimum absolute atomic E-state index is 0.0795. The van der Waals surface area contributed by atoms with Crippen LogP contribution < -0.4 is 15.0 Å². The minimum Gasteiger partial charge on any atom is -0.491 e. The van der Waals surface area contributed by atoms with E-state index in [1.807, 2.05) is 23.1 Å². The third-order valence-corrected chi connectivity index (χ3v) is 5.95. The summed E-state index contributed by atoms with van der Waals surface area (Å²) in [6.45, 7) is 4.72. The number of rotatable bonds is 8. The van der Waals surface area contributed by atoms with Crippen molar-refractivity contribution in [1.82, 2.24) is 10.2 Å². The molecule has 2 heterocycles. The van der Waals surface area contributed by atoms with Gasteiger partial charge in [0.1, 0.15) is 12.4 Å². The maximum Gasteiger partial charge on any atom is 0.251 e. The summed E-state index contributed by atoms with van der Waals surface area (Å²) in [5.41, 5.74) is 1.74. The average Bonchev–Trinajstić information content (AvgIpc) is 3.37. The average molecular weight is 438 g/mol. The number of ether oxygens (including phenoxy) is 2. The molecule has 32 heavy (non-hydrogen) atoms. The third-order valence-electron chi connectivity index (χ3n) is 5.95. The molecule has 170 valence electrons. The number of amides is 2. The monoisotopic (exact) mass is 437 g/mol. The molecule has 2 fully saturated rings. The second-order valence-corrected chi connectivity index (χ2v) is 8.18. The van der Waals surface area contributed by atoms with Gasteiger partial charge in [-0.1, -0.05) is 18.2 Å². The lowest BCUT2D eigenvalue weighted by atomic mass is 10.2. The molecular formula is C25H31N3O4. The summed E-state index contributed by atoms with van der Waals surface area (Å²) in [7, 11) is 0. The van der Waals surface area contributed by atoms with Crippen LogP contribution in [0.5, 0.6) is 5.75 Å². The second-order valence-electron chi connectivity index (χ2n) is 8.18. The van der Waals surface area contributed by atoms with Crippen LogP contribution in [0, 0.1) is 0 Å². The van der Waals surface area contributed by atoms with E-state index in [2.05, 4.69) is 22.3 Å². The predicted octanol–water partition coefficient (Wildman–Crippen LogP) is 2.71. The molecule has 0 bridgehead atoms. The van der Waals surface area contributed by atoms with Crippen LogP contribution >= 0.6 is 0 Å². The predicted molar refractivity (Wildman–Crippen MR) is 123 cm³/mol.